The van der Waals surface area contributed by atoms with Gasteiger partial charge in [0, 0.05) is 21.4 Å². The second-order valence-electron chi connectivity index (χ2n) is 4.03. The van der Waals surface area contributed by atoms with Crippen molar-refractivity contribution in [2.75, 3.05) is 10.6 Å². The third kappa shape index (κ3) is 4.04. The lowest BCUT2D eigenvalue weighted by Gasteiger charge is -2.10. The molecule has 0 spiro atoms. The quantitative estimate of drug-likeness (QED) is 0.743. The molecule has 0 aliphatic heterocycles. The first-order valence-corrected chi connectivity index (χ1v) is 6.98. The molecule has 6 heteroatoms. The fraction of sp³-hybridized carbons (Fsp3) is 0. The molecule has 2 aromatic carbocycles. The van der Waals surface area contributed by atoms with E-state index in [-0.39, 0.29) is 0 Å². The molecule has 102 valence electrons. The van der Waals surface area contributed by atoms with E-state index in [9.17, 15) is 4.79 Å². The maximum atomic E-state index is 11.0. The molecule has 0 aliphatic carbocycles. The molecule has 0 radical (unpaired) electrons. The summed E-state index contributed by atoms with van der Waals surface area (Å²) >= 11 is 8.58. The number of primary amides is 1. The first kappa shape index (κ1) is 14.5. The SMILES string of the molecule is NC(=O)c1ccc(NC(=S)Nc2ccc(Br)cc2)cc1. The van der Waals surface area contributed by atoms with Crippen molar-refractivity contribution >= 4 is 50.5 Å². The minimum Gasteiger partial charge on any atom is -0.366 e. The minimum atomic E-state index is -0.452. The van der Waals surface area contributed by atoms with Crippen LogP contribution in [0.5, 0.6) is 0 Å². The number of hydrogen-bond donors (Lipinski definition) is 3. The van der Waals surface area contributed by atoms with Crippen LogP contribution >= 0.6 is 28.1 Å². The number of nitrogens with two attached hydrogens (primary N) is 1. The van der Waals surface area contributed by atoms with Crippen molar-refractivity contribution in [3.8, 4) is 0 Å². The van der Waals surface area contributed by atoms with Gasteiger partial charge in [0.2, 0.25) is 5.91 Å². The van der Waals surface area contributed by atoms with Crippen LogP contribution in [0.1, 0.15) is 10.4 Å². The van der Waals surface area contributed by atoms with E-state index < -0.39 is 5.91 Å². The lowest BCUT2D eigenvalue weighted by molar-refractivity contribution is 0.100. The highest BCUT2D eigenvalue weighted by Gasteiger charge is 2.02. The first-order valence-electron chi connectivity index (χ1n) is 5.78. The normalized spacial score (nSPS) is 9.85. The zero-order chi connectivity index (χ0) is 14.5. The second-order valence-corrected chi connectivity index (χ2v) is 5.35. The van der Waals surface area contributed by atoms with Crippen molar-refractivity contribution in [3.63, 3.8) is 0 Å². The average molecular weight is 350 g/mol. The van der Waals surface area contributed by atoms with Crippen molar-refractivity contribution in [2.45, 2.75) is 0 Å². The summed E-state index contributed by atoms with van der Waals surface area (Å²) < 4.78 is 1.00. The van der Waals surface area contributed by atoms with Gasteiger partial charge in [-0.2, -0.15) is 0 Å². The lowest BCUT2D eigenvalue weighted by Crippen LogP contribution is -2.19. The Morgan fingerprint density at radius 1 is 0.950 bits per heavy atom. The Hall–Kier alpha value is -1.92. The van der Waals surface area contributed by atoms with E-state index in [0.29, 0.717) is 10.7 Å². The summed E-state index contributed by atoms with van der Waals surface area (Å²) in [5, 5.41) is 6.56. The summed E-state index contributed by atoms with van der Waals surface area (Å²) in [4.78, 5) is 11.0. The number of amides is 1. The second kappa shape index (κ2) is 6.49. The summed E-state index contributed by atoms with van der Waals surface area (Å²) in [5.74, 6) is -0.452. The van der Waals surface area contributed by atoms with E-state index in [2.05, 4.69) is 26.6 Å². The van der Waals surface area contributed by atoms with E-state index in [1.165, 1.54) is 0 Å². The maximum absolute atomic E-state index is 11.0. The minimum absolute atomic E-state index is 0.452. The Balaban J connectivity index is 1.97. The molecule has 0 bridgehead atoms. The molecule has 0 heterocycles. The highest BCUT2D eigenvalue weighted by molar-refractivity contribution is 9.10. The van der Waals surface area contributed by atoms with Crippen LogP contribution in [0, 0.1) is 0 Å². The number of carbonyl (C=O) groups is 1. The summed E-state index contributed by atoms with van der Waals surface area (Å²) in [5.41, 5.74) is 7.31. The molecule has 2 rings (SSSR count). The van der Waals surface area contributed by atoms with Crippen molar-refractivity contribution in [1.82, 2.24) is 0 Å². The number of hydrogen-bond acceptors (Lipinski definition) is 2. The van der Waals surface area contributed by atoms with Crippen molar-refractivity contribution < 1.29 is 4.79 Å². The first-order chi connectivity index (χ1) is 9.54. The Morgan fingerprint density at radius 2 is 1.40 bits per heavy atom. The maximum Gasteiger partial charge on any atom is 0.248 e. The van der Waals surface area contributed by atoms with Gasteiger partial charge in [-0.15, -0.1) is 0 Å². The molecule has 4 nitrogen and oxygen atoms in total. The summed E-state index contributed by atoms with van der Waals surface area (Å²) in [6, 6.07) is 14.5. The van der Waals surface area contributed by atoms with Gasteiger partial charge in [-0.3, -0.25) is 4.79 Å². The number of nitrogens with one attached hydrogen (secondary N) is 2. The van der Waals surface area contributed by atoms with E-state index in [4.69, 9.17) is 18.0 Å². The molecule has 4 N–H and O–H groups in total. The van der Waals surface area contributed by atoms with Gasteiger partial charge in [-0.25, -0.2) is 0 Å². The predicted molar refractivity (Wildman–Crippen MR) is 88.9 cm³/mol. The number of halogens is 1. The highest BCUT2D eigenvalue weighted by atomic mass is 79.9. The van der Waals surface area contributed by atoms with E-state index in [1.807, 2.05) is 24.3 Å². The zero-order valence-electron chi connectivity index (χ0n) is 10.4. The summed E-state index contributed by atoms with van der Waals surface area (Å²) in [7, 11) is 0. The fourth-order valence-corrected chi connectivity index (χ4v) is 2.04. The molecule has 0 saturated carbocycles. The molecule has 0 saturated heterocycles. The predicted octanol–water partition coefficient (Wildman–Crippen LogP) is 3.36. The van der Waals surface area contributed by atoms with Crippen LogP contribution in [0.4, 0.5) is 11.4 Å². The van der Waals surface area contributed by atoms with Crippen LogP contribution in [0.15, 0.2) is 53.0 Å². The third-order valence-electron chi connectivity index (χ3n) is 2.53. The van der Waals surface area contributed by atoms with E-state index in [0.717, 1.165) is 15.8 Å². The largest absolute Gasteiger partial charge is 0.366 e. The van der Waals surface area contributed by atoms with Gasteiger partial charge in [-0.05, 0) is 60.7 Å². The van der Waals surface area contributed by atoms with Crippen molar-refractivity contribution in [3.05, 3.63) is 58.6 Å². The monoisotopic (exact) mass is 349 g/mol. The number of rotatable bonds is 3. The molecule has 20 heavy (non-hydrogen) atoms. The van der Waals surface area contributed by atoms with Gasteiger partial charge in [0.25, 0.3) is 0 Å². The lowest BCUT2D eigenvalue weighted by atomic mass is 10.2. The van der Waals surface area contributed by atoms with Crippen molar-refractivity contribution in [1.29, 1.82) is 0 Å². The Bertz CT molecular complexity index is 626. The van der Waals surface area contributed by atoms with Crippen LogP contribution in [0.3, 0.4) is 0 Å². The van der Waals surface area contributed by atoms with Crippen LogP contribution in [0.2, 0.25) is 0 Å². The summed E-state index contributed by atoms with van der Waals surface area (Å²) in [6.07, 6.45) is 0. The third-order valence-corrected chi connectivity index (χ3v) is 3.26. The van der Waals surface area contributed by atoms with Gasteiger partial charge in [0.15, 0.2) is 5.11 Å². The molecule has 0 aromatic heterocycles. The van der Waals surface area contributed by atoms with Gasteiger partial charge < -0.3 is 16.4 Å². The Kier molecular flexibility index (Phi) is 4.70. The van der Waals surface area contributed by atoms with Crippen LogP contribution in [-0.2, 0) is 0 Å². The van der Waals surface area contributed by atoms with Crippen LogP contribution in [0.25, 0.3) is 0 Å². The molecule has 0 atom stereocenters. The van der Waals surface area contributed by atoms with Gasteiger partial charge in [0.1, 0.15) is 0 Å². The van der Waals surface area contributed by atoms with Crippen LogP contribution < -0.4 is 16.4 Å². The number of carbonyl (C=O) groups excluding carboxylic acids is 1. The molecular weight excluding hydrogens is 338 g/mol. The molecule has 0 fully saturated rings. The number of anilines is 2. The Morgan fingerprint density at radius 3 is 1.85 bits per heavy atom. The summed E-state index contributed by atoms with van der Waals surface area (Å²) in [6.45, 7) is 0. The van der Waals surface area contributed by atoms with E-state index >= 15 is 0 Å². The smallest absolute Gasteiger partial charge is 0.248 e. The van der Waals surface area contributed by atoms with Gasteiger partial charge in [0.05, 0.1) is 0 Å². The van der Waals surface area contributed by atoms with Gasteiger partial charge in [-0.1, -0.05) is 15.9 Å². The molecule has 0 aliphatic rings. The molecule has 2 aromatic rings. The van der Waals surface area contributed by atoms with Gasteiger partial charge >= 0.3 is 0 Å². The Labute approximate surface area is 130 Å². The number of thiocarbonyl (C=S) groups is 1. The molecule has 1 amide bonds. The average Bonchev–Trinajstić information content (AvgIpc) is 2.42. The van der Waals surface area contributed by atoms with Crippen LogP contribution in [-0.4, -0.2) is 11.0 Å². The standard InChI is InChI=1S/C14H12BrN3OS/c15-10-3-7-12(8-4-10)18-14(20)17-11-5-1-9(2-6-11)13(16)19/h1-8H,(H2,16,19)(H2,17,18,20). The highest BCUT2D eigenvalue weighted by Crippen LogP contribution is 2.15. The topological polar surface area (TPSA) is 67.2 Å². The van der Waals surface area contributed by atoms with Crippen molar-refractivity contribution in [2.24, 2.45) is 5.73 Å². The molecule has 0 unspecified atom stereocenters. The zero-order valence-corrected chi connectivity index (χ0v) is 12.8. The van der Waals surface area contributed by atoms with E-state index in [1.54, 1.807) is 24.3 Å². The fourth-order valence-electron chi connectivity index (χ4n) is 1.54. The number of benzene rings is 2. The molecular formula is C14H12BrN3OS.